The van der Waals surface area contributed by atoms with Crippen LogP contribution in [0.2, 0.25) is 0 Å². The van der Waals surface area contributed by atoms with Gasteiger partial charge in [0, 0.05) is 55.0 Å². The van der Waals surface area contributed by atoms with Crippen molar-refractivity contribution in [3.05, 3.63) is 65.4 Å². The summed E-state index contributed by atoms with van der Waals surface area (Å²) < 4.78 is 0. The summed E-state index contributed by atoms with van der Waals surface area (Å²) in [6, 6.07) is 10.4. The highest BCUT2D eigenvalue weighted by Crippen LogP contribution is 2.25. The Morgan fingerprint density at radius 2 is 2.00 bits per heavy atom. The zero-order chi connectivity index (χ0) is 17.2. The summed E-state index contributed by atoms with van der Waals surface area (Å²) in [5.41, 5.74) is 5.98. The van der Waals surface area contributed by atoms with Crippen molar-refractivity contribution in [1.82, 2.24) is 25.1 Å². The van der Waals surface area contributed by atoms with Crippen molar-refractivity contribution in [2.24, 2.45) is 0 Å². The van der Waals surface area contributed by atoms with E-state index in [1.807, 2.05) is 18.5 Å². The van der Waals surface area contributed by atoms with Gasteiger partial charge in [-0.2, -0.15) is 5.10 Å². The van der Waals surface area contributed by atoms with Crippen molar-refractivity contribution >= 4 is 0 Å². The third-order valence-electron chi connectivity index (χ3n) is 4.72. The van der Waals surface area contributed by atoms with E-state index < -0.39 is 0 Å². The van der Waals surface area contributed by atoms with Crippen LogP contribution in [0.4, 0.5) is 0 Å². The molecule has 0 saturated carbocycles. The predicted octanol–water partition coefficient (Wildman–Crippen LogP) is 3.55. The maximum atomic E-state index is 4.75. The van der Waals surface area contributed by atoms with Gasteiger partial charge in [0.2, 0.25) is 0 Å². The molecule has 0 atom stereocenters. The second kappa shape index (κ2) is 6.76. The summed E-state index contributed by atoms with van der Waals surface area (Å²) in [5.74, 6) is 1.33. The second-order valence-electron chi connectivity index (χ2n) is 6.95. The minimum atomic E-state index is 0.377. The van der Waals surface area contributed by atoms with Gasteiger partial charge in [0.15, 0.2) is 0 Å². The number of aromatic amines is 1. The van der Waals surface area contributed by atoms with E-state index in [-0.39, 0.29) is 0 Å². The van der Waals surface area contributed by atoms with Gasteiger partial charge >= 0.3 is 0 Å². The van der Waals surface area contributed by atoms with Crippen LogP contribution in [0.25, 0.3) is 11.3 Å². The van der Waals surface area contributed by atoms with E-state index in [4.69, 9.17) is 4.98 Å². The first-order valence-corrected chi connectivity index (χ1v) is 8.85. The Morgan fingerprint density at radius 3 is 2.80 bits per heavy atom. The zero-order valence-corrected chi connectivity index (χ0v) is 14.7. The summed E-state index contributed by atoms with van der Waals surface area (Å²) in [7, 11) is 0. The lowest BCUT2D eigenvalue weighted by atomic mass is 10.0. The summed E-state index contributed by atoms with van der Waals surface area (Å²) in [6.07, 6.45) is 4.93. The monoisotopic (exact) mass is 333 g/mol. The van der Waals surface area contributed by atoms with E-state index in [9.17, 15) is 0 Å². The van der Waals surface area contributed by atoms with Crippen LogP contribution < -0.4 is 0 Å². The number of benzene rings is 1. The molecule has 3 aromatic rings. The molecule has 0 spiro atoms. The summed E-state index contributed by atoms with van der Waals surface area (Å²) in [5, 5.41) is 7.41. The Balaban J connectivity index is 1.52. The van der Waals surface area contributed by atoms with E-state index >= 15 is 0 Å². The Morgan fingerprint density at radius 1 is 1.16 bits per heavy atom. The SMILES string of the molecule is CC(C)c1ncc2c(n1)CCN(Cc1cn[nH]c1-c1ccccc1)C2. The predicted molar refractivity (Wildman–Crippen MR) is 98.0 cm³/mol. The Kier molecular flexibility index (Phi) is 4.32. The molecule has 0 saturated heterocycles. The van der Waals surface area contributed by atoms with Crippen molar-refractivity contribution in [2.75, 3.05) is 6.54 Å². The van der Waals surface area contributed by atoms with Gasteiger partial charge in [-0.25, -0.2) is 9.97 Å². The molecule has 5 heteroatoms. The maximum absolute atomic E-state index is 4.75. The number of fused-ring (bicyclic) bond motifs is 1. The van der Waals surface area contributed by atoms with E-state index in [0.717, 1.165) is 37.6 Å². The van der Waals surface area contributed by atoms with Gasteiger partial charge < -0.3 is 0 Å². The quantitative estimate of drug-likeness (QED) is 0.793. The van der Waals surface area contributed by atoms with Gasteiger partial charge in [-0.15, -0.1) is 0 Å². The molecule has 5 nitrogen and oxygen atoms in total. The van der Waals surface area contributed by atoms with Crippen LogP contribution in [0, 0.1) is 0 Å². The standard InChI is InChI=1S/C20H23N5/c1-14(2)20-21-10-16-12-25(9-8-18(16)23-20)13-17-11-22-24-19(17)15-6-4-3-5-7-15/h3-7,10-11,14H,8-9,12-13H2,1-2H3,(H,22,24). The van der Waals surface area contributed by atoms with Crippen LogP contribution in [0.1, 0.15) is 42.4 Å². The third-order valence-corrected chi connectivity index (χ3v) is 4.72. The van der Waals surface area contributed by atoms with Gasteiger partial charge in [-0.3, -0.25) is 10.00 Å². The van der Waals surface area contributed by atoms with Gasteiger partial charge in [0.05, 0.1) is 11.9 Å². The van der Waals surface area contributed by atoms with Crippen molar-refractivity contribution < 1.29 is 0 Å². The molecule has 0 unspecified atom stereocenters. The molecule has 0 bridgehead atoms. The molecule has 1 aliphatic heterocycles. The molecule has 0 radical (unpaired) electrons. The molecule has 1 aromatic carbocycles. The van der Waals surface area contributed by atoms with Gasteiger partial charge in [0.25, 0.3) is 0 Å². The molecule has 3 heterocycles. The van der Waals surface area contributed by atoms with E-state index in [1.165, 1.54) is 22.4 Å². The highest BCUT2D eigenvalue weighted by Gasteiger charge is 2.20. The van der Waals surface area contributed by atoms with E-state index in [2.05, 4.69) is 58.2 Å². The average Bonchev–Trinajstić information content (AvgIpc) is 3.10. The lowest BCUT2D eigenvalue weighted by Gasteiger charge is -2.28. The first-order valence-electron chi connectivity index (χ1n) is 8.85. The molecule has 0 amide bonds. The molecular formula is C20H23N5. The number of aromatic nitrogens is 4. The smallest absolute Gasteiger partial charge is 0.131 e. The average molecular weight is 333 g/mol. The van der Waals surface area contributed by atoms with Crippen LogP contribution in [0.5, 0.6) is 0 Å². The summed E-state index contributed by atoms with van der Waals surface area (Å²) in [6.45, 7) is 7.07. The molecule has 4 rings (SSSR count). The number of hydrogen-bond donors (Lipinski definition) is 1. The molecular weight excluding hydrogens is 310 g/mol. The minimum absolute atomic E-state index is 0.377. The normalized spacial score (nSPS) is 14.7. The molecule has 1 N–H and O–H groups in total. The number of rotatable bonds is 4. The Bertz CT molecular complexity index is 854. The summed E-state index contributed by atoms with van der Waals surface area (Å²) in [4.78, 5) is 11.7. The molecule has 1 aliphatic rings. The summed E-state index contributed by atoms with van der Waals surface area (Å²) >= 11 is 0. The number of nitrogens with zero attached hydrogens (tertiary/aromatic N) is 4. The van der Waals surface area contributed by atoms with Crippen molar-refractivity contribution in [2.45, 2.75) is 39.3 Å². The van der Waals surface area contributed by atoms with Gasteiger partial charge in [-0.05, 0) is 5.56 Å². The molecule has 128 valence electrons. The number of nitrogens with one attached hydrogen (secondary N) is 1. The zero-order valence-electron chi connectivity index (χ0n) is 14.7. The Hall–Kier alpha value is -2.53. The highest BCUT2D eigenvalue weighted by atomic mass is 15.2. The number of hydrogen-bond acceptors (Lipinski definition) is 4. The van der Waals surface area contributed by atoms with Crippen LogP contribution in [0.3, 0.4) is 0 Å². The van der Waals surface area contributed by atoms with Gasteiger partial charge in [0.1, 0.15) is 5.82 Å². The number of H-pyrrole nitrogens is 1. The lowest BCUT2D eigenvalue weighted by molar-refractivity contribution is 0.243. The fraction of sp³-hybridized carbons (Fsp3) is 0.350. The molecule has 2 aromatic heterocycles. The van der Waals surface area contributed by atoms with Crippen molar-refractivity contribution in [1.29, 1.82) is 0 Å². The lowest BCUT2D eigenvalue weighted by Crippen LogP contribution is -2.31. The largest absolute Gasteiger partial charge is 0.294 e. The topological polar surface area (TPSA) is 57.7 Å². The van der Waals surface area contributed by atoms with Crippen molar-refractivity contribution in [3.63, 3.8) is 0 Å². The molecule has 0 fully saturated rings. The van der Waals surface area contributed by atoms with E-state index in [1.54, 1.807) is 0 Å². The molecule has 0 aliphatic carbocycles. The second-order valence-corrected chi connectivity index (χ2v) is 6.95. The Labute approximate surface area is 148 Å². The minimum Gasteiger partial charge on any atom is -0.294 e. The fourth-order valence-corrected chi connectivity index (χ4v) is 3.33. The van der Waals surface area contributed by atoms with Crippen LogP contribution in [-0.2, 0) is 19.5 Å². The first-order chi connectivity index (χ1) is 12.2. The van der Waals surface area contributed by atoms with Crippen LogP contribution in [-0.4, -0.2) is 31.6 Å². The van der Waals surface area contributed by atoms with Crippen LogP contribution in [0.15, 0.2) is 42.7 Å². The first kappa shape index (κ1) is 16.0. The highest BCUT2D eigenvalue weighted by molar-refractivity contribution is 5.62. The van der Waals surface area contributed by atoms with E-state index in [0.29, 0.717) is 5.92 Å². The maximum Gasteiger partial charge on any atom is 0.131 e. The fourth-order valence-electron chi connectivity index (χ4n) is 3.33. The van der Waals surface area contributed by atoms with Crippen molar-refractivity contribution in [3.8, 4) is 11.3 Å². The van der Waals surface area contributed by atoms with Crippen LogP contribution >= 0.6 is 0 Å². The third kappa shape index (κ3) is 3.33. The van der Waals surface area contributed by atoms with Gasteiger partial charge in [-0.1, -0.05) is 44.2 Å². The molecule has 25 heavy (non-hydrogen) atoms.